The van der Waals surface area contributed by atoms with E-state index in [-0.39, 0.29) is 0 Å². The summed E-state index contributed by atoms with van der Waals surface area (Å²) in [6, 6.07) is 37.5. The summed E-state index contributed by atoms with van der Waals surface area (Å²) in [5, 5.41) is 7.09. The molecule has 6 nitrogen and oxygen atoms in total. The van der Waals surface area contributed by atoms with Crippen molar-refractivity contribution in [1.29, 1.82) is 0 Å². The van der Waals surface area contributed by atoms with Crippen molar-refractivity contribution in [1.82, 2.24) is 29.5 Å². The topological polar surface area (TPSA) is 69.4 Å². The molecular weight excluding hydrogens is 593 g/mol. The Kier molecular flexibility index (Phi) is 5.22. The van der Waals surface area contributed by atoms with Crippen molar-refractivity contribution in [2.45, 2.75) is 0 Å². The van der Waals surface area contributed by atoms with Crippen LogP contribution >= 0.6 is 22.7 Å². The number of para-hydroxylation sites is 1. The van der Waals surface area contributed by atoms with Gasteiger partial charge in [0.25, 0.3) is 0 Å². The van der Waals surface area contributed by atoms with Crippen LogP contribution < -0.4 is 0 Å². The summed E-state index contributed by atoms with van der Waals surface area (Å²) >= 11 is 3.54. The molecule has 10 aromatic rings. The highest BCUT2D eigenvalue weighted by atomic mass is 32.1. The first-order chi connectivity index (χ1) is 22.3. The fourth-order valence-corrected chi connectivity index (χ4v) is 8.95. The van der Waals surface area contributed by atoms with E-state index < -0.39 is 0 Å². The van der Waals surface area contributed by atoms with Gasteiger partial charge < -0.3 is 0 Å². The van der Waals surface area contributed by atoms with E-state index >= 15 is 0 Å². The summed E-state index contributed by atoms with van der Waals surface area (Å²) in [5.41, 5.74) is 4.03. The third-order valence-electron chi connectivity index (χ3n) is 8.42. The van der Waals surface area contributed by atoms with Crippen LogP contribution in [0.1, 0.15) is 0 Å². The highest BCUT2D eigenvalue weighted by molar-refractivity contribution is 7.29. The number of fused-ring (bicyclic) bond motifs is 12. The molecular formula is C37H20N6S2. The second kappa shape index (κ2) is 9.46. The van der Waals surface area contributed by atoms with E-state index in [4.69, 9.17) is 19.9 Å². The molecule has 0 spiro atoms. The largest absolute Gasteiger partial charge is 0.276 e. The van der Waals surface area contributed by atoms with E-state index in [0.29, 0.717) is 17.6 Å². The number of hydrogen-bond donors (Lipinski definition) is 0. The molecule has 0 amide bonds. The predicted octanol–water partition coefficient (Wildman–Crippen LogP) is 9.83. The zero-order valence-electron chi connectivity index (χ0n) is 23.5. The van der Waals surface area contributed by atoms with E-state index in [1.165, 1.54) is 35.6 Å². The molecule has 10 rings (SSSR count). The van der Waals surface area contributed by atoms with Crippen LogP contribution in [-0.4, -0.2) is 29.5 Å². The highest BCUT2D eigenvalue weighted by Gasteiger charge is 2.26. The number of aromatic nitrogens is 6. The van der Waals surface area contributed by atoms with Crippen molar-refractivity contribution in [3.05, 3.63) is 122 Å². The minimum Gasteiger partial charge on any atom is -0.276 e. The Morgan fingerprint density at radius 2 is 1.18 bits per heavy atom. The summed E-state index contributed by atoms with van der Waals surface area (Å²) < 4.78 is 5.88. The van der Waals surface area contributed by atoms with Crippen molar-refractivity contribution in [3.63, 3.8) is 0 Å². The smallest absolute Gasteiger partial charge is 0.238 e. The molecule has 0 aliphatic carbocycles. The highest BCUT2D eigenvalue weighted by Crippen LogP contribution is 2.51. The zero-order valence-corrected chi connectivity index (χ0v) is 25.2. The molecule has 8 heteroatoms. The lowest BCUT2D eigenvalue weighted by Crippen LogP contribution is -2.06. The van der Waals surface area contributed by atoms with Crippen LogP contribution in [0.4, 0.5) is 0 Å². The van der Waals surface area contributed by atoms with E-state index in [1.54, 1.807) is 17.7 Å². The van der Waals surface area contributed by atoms with E-state index in [9.17, 15) is 0 Å². The quantitative estimate of drug-likeness (QED) is 0.199. The molecule has 5 heterocycles. The Morgan fingerprint density at radius 3 is 1.93 bits per heavy atom. The SMILES string of the molecule is c1ccc(-c2nc(-c3ccccc3)nc(-n3c4ccccc4c4c5sc6ncncc6c5c5c6ccccc6sc5c43)n2)cc1. The van der Waals surface area contributed by atoms with Gasteiger partial charge in [-0.05, 0) is 12.1 Å². The third-order valence-corrected chi connectivity index (χ3v) is 10.7. The molecule has 0 radical (unpaired) electrons. The lowest BCUT2D eigenvalue weighted by atomic mass is 10.0. The van der Waals surface area contributed by atoms with Gasteiger partial charge in [-0.3, -0.25) is 4.57 Å². The normalized spacial score (nSPS) is 12.0. The lowest BCUT2D eigenvalue weighted by Gasteiger charge is -2.11. The monoisotopic (exact) mass is 612 g/mol. The van der Waals surface area contributed by atoms with Crippen LogP contribution in [0.3, 0.4) is 0 Å². The van der Waals surface area contributed by atoms with Gasteiger partial charge in [0.1, 0.15) is 11.2 Å². The van der Waals surface area contributed by atoms with Crippen molar-refractivity contribution >= 4 is 85.0 Å². The molecule has 0 saturated heterocycles. The average Bonchev–Trinajstić information content (AvgIpc) is 3.78. The fourth-order valence-electron chi connectivity index (χ4n) is 6.52. The van der Waals surface area contributed by atoms with Crippen LogP contribution in [-0.2, 0) is 0 Å². The maximum Gasteiger partial charge on any atom is 0.238 e. The van der Waals surface area contributed by atoms with Gasteiger partial charge in [-0.15, -0.1) is 22.7 Å². The number of nitrogens with zero attached hydrogens (tertiary/aromatic N) is 6. The molecule has 210 valence electrons. The van der Waals surface area contributed by atoms with E-state index in [2.05, 4.69) is 58.1 Å². The summed E-state index contributed by atoms with van der Waals surface area (Å²) in [6.07, 6.45) is 3.60. The number of rotatable bonds is 3. The van der Waals surface area contributed by atoms with Gasteiger partial charge in [-0.1, -0.05) is 97.1 Å². The first-order valence-electron chi connectivity index (χ1n) is 14.6. The number of hydrogen-bond acceptors (Lipinski definition) is 7. The van der Waals surface area contributed by atoms with Crippen LogP contribution in [0.15, 0.2) is 122 Å². The van der Waals surface area contributed by atoms with Crippen LogP contribution in [0, 0.1) is 0 Å². The molecule has 0 N–H and O–H groups in total. The van der Waals surface area contributed by atoms with E-state index in [0.717, 1.165) is 37.8 Å². The Bertz CT molecular complexity index is 2700. The lowest BCUT2D eigenvalue weighted by molar-refractivity contribution is 0.955. The maximum atomic E-state index is 5.18. The summed E-state index contributed by atoms with van der Waals surface area (Å²) in [5.74, 6) is 1.86. The zero-order chi connectivity index (χ0) is 29.5. The molecule has 45 heavy (non-hydrogen) atoms. The van der Waals surface area contributed by atoms with E-state index in [1.807, 2.05) is 78.2 Å². The molecule has 0 unspecified atom stereocenters. The second-order valence-electron chi connectivity index (χ2n) is 10.9. The molecule has 0 aliphatic rings. The Balaban J connectivity index is 1.44. The minimum absolute atomic E-state index is 0.591. The number of benzene rings is 5. The molecule has 5 aromatic heterocycles. The van der Waals surface area contributed by atoms with Gasteiger partial charge in [0, 0.05) is 59.0 Å². The summed E-state index contributed by atoms with van der Waals surface area (Å²) in [4.78, 5) is 25.5. The second-order valence-corrected chi connectivity index (χ2v) is 13.0. The standard InChI is InChI=1S/C37H20N6S2/c1-3-11-21(12-4-1)34-40-35(22-13-5-2-6-14-22)42-37(41-34)43-26-17-9-7-15-23(26)30-31(43)33-28(24-16-8-10-18-27(24)44-33)29-25-19-38-20-39-36(25)45-32(29)30/h1-20H. The van der Waals surface area contributed by atoms with Crippen molar-refractivity contribution in [2.24, 2.45) is 0 Å². The molecule has 0 atom stereocenters. The fraction of sp³-hybridized carbons (Fsp3) is 0. The Labute approximate surface area is 263 Å². The third kappa shape index (κ3) is 3.58. The number of thiophene rings is 2. The molecule has 5 aromatic carbocycles. The van der Waals surface area contributed by atoms with Gasteiger partial charge >= 0.3 is 0 Å². The summed E-state index contributed by atoms with van der Waals surface area (Å²) in [6.45, 7) is 0. The van der Waals surface area contributed by atoms with Gasteiger partial charge in [0.2, 0.25) is 5.95 Å². The Hall–Kier alpha value is -5.57. The average molecular weight is 613 g/mol. The van der Waals surface area contributed by atoms with Gasteiger partial charge in [0.15, 0.2) is 11.6 Å². The first-order valence-corrected chi connectivity index (χ1v) is 16.2. The molecule has 0 fully saturated rings. The van der Waals surface area contributed by atoms with Gasteiger partial charge in [-0.2, -0.15) is 9.97 Å². The van der Waals surface area contributed by atoms with Crippen LogP contribution in [0.2, 0.25) is 0 Å². The molecule has 0 aliphatic heterocycles. The summed E-state index contributed by atoms with van der Waals surface area (Å²) in [7, 11) is 0. The molecule has 0 saturated carbocycles. The predicted molar refractivity (Wildman–Crippen MR) is 186 cm³/mol. The maximum absolute atomic E-state index is 5.18. The van der Waals surface area contributed by atoms with Gasteiger partial charge in [0.05, 0.1) is 15.7 Å². The minimum atomic E-state index is 0.591. The van der Waals surface area contributed by atoms with Crippen molar-refractivity contribution in [3.8, 4) is 28.7 Å². The Morgan fingerprint density at radius 1 is 0.533 bits per heavy atom. The van der Waals surface area contributed by atoms with Crippen LogP contribution in [0.25, 0.3) is 91.0 Å². The van der Waals surface area contributed by atoms with Crippen molar-refractivity contribution < 1.29 is 0 Å². The van der Waals surface area contributed by atoms with Gasteiger partial charge in [-0.25, -0.2) is 15.0 Å². The van der Waals surface area contributed by atoms with Crippen molar-refractivity contribution in [2.75, 3.05) is 0 Å². The first kappa shape index (κ1) is 24.8. The molecule has 0 bridgehead atoms. The van der Waals surface area contributed by atoms with Crippen LogP contribution in [0.5, 0.6) is 0 Å².